The zero-order chi connectivity index (χ0) is 16.1. The summed E-state index contributed by atoms with van der Waals surface area (Å²) in [5, 5.41) is 0. The smallest absolute Gasteiger partial charge is 0.0194 e. The fourth-order valence-corrected chi connectivity index (χ4v) is 6.08. The van der Waals surface area contributed by atoms with Crippen LogP contribution >= 0.6 is 0 Å². The van der Waals surface area contributed by atoms with Crippen molar-refractivity contribution in [3.8, 4) is 0 Å². The van der Waals surface area contributed by atoms with Crippen LogP contribution < -0.4 is 0 Å². The number of hydrogen-bond donors (Lipinski definition) is 0. The van der Waals surface area contributed by atoms with Gasteiger partial charge in [0.25, 0.3) is 0 Å². The summed E-state index contributed by atoms with van der Waals surface area (Å²) in [5.41, 5.74) is 1.12. The highest BCUT2D eigenvalue weighted by molar-refractivity contribution is 5.11. The molecule has 4 bridgehead atoms. The van der Waals surface area contributed by atoms with Gasteiger partial charge in [0.05, 0.1) is 0 Å². The predicted octanol–water partition coefficient (Wildman–Crippen LogP) is 6.71. The van der Waals surface area contributed by atoms with Crippen molar-refractivity contribution in [2.45, 2.75) is 80.1 Å². The minimum Gasteiger partial charge on any atom is -0.0851 e. The summed E-state index contributed by atoms with van der Waals surface area (Å²) in [6.07, 6.45) is 13.9. The maximum absolute atomic E-state index is 2.45. The van der Waals surface area contributed by atoms with E-state index in [4.69, 9.17) is 0 Å². The lowest BCUT2D eigenvalue weighted by Crippen LogP contribution is -2.25. The largest absolute Gasteiger partial charge is 0.0851 e. The summed E-state index contributed by atoms with van der Waals surface area (Å²) >= 11 is 0. The normalized spacial score (nSPS) is 42.6. The van der Waals surface area contributed by atoms with Crippen molar-refractivity contribution < 1.29 is 0 Å². The van der Waals surface area contributed by atoms with Crippen LogP contribution in [0, 0.1) is 46.3 Å². The topological polar surface area (TPSA) is 0 Å². The number of allylic oxidation sites excluding steroid dienone is 2. The van der Waals surface area contributed by atoms with Gasteiger partial charge in [0, 0.05) is 0 Å². The van der Waals surface area contributed by atoms with Crippen LogP contribution in [0.3, 0.4) is 0 Å². The number of fused-ring (bicyclic) bond motifs is 4. The predicted molar refractivity (Wildman–Crippen MR) is 96.7 cm³/mol. The molecule has 4 aliphatic carbocycles. The zero-order valence-electron chi connectivity index (χ0n) is 15.9. The lowest BCUT2D eigenvalue weighted by Gasteiger charge is -2.34. The molecule has 0 radical (unpaired) electrons. The van der Waals surface area contributed by atoms with Crippen LogP contribution in [0.15, 0.2) is 12.2 Å². The van der Waals surface area contributed by atoms with E-state index in [1.807, 2.05) is 0 Å². The Bertz CT molecular complexity index is 416. The van der Waals surface area contributed by atoms with Crippen LogP contribution in [0.2, 0.25) is 0 Å². The molecule has 0 nitrogen and oxygen atoms in total. The molecule has 0 aromatic carbocycles. The van der Waals surface area contributed by atoms with Gasteiger partial charge in [-0.3, -0.25) is 0 Å². The molecule has 22 heavy (non-hydrogen) atoms. The Morgan fingerprint density at radius 3 is 1.64 bits per heavy atom. The third kappa shape index (κ3) is 3.31. The average Bonchev–Trinajstić information content (AvgIpc) is 3.17. The lowest BCUT2D eigenvalue weighted by atomic mass is 9.72. The van der Waals surface area contributed by atoms with Crippen LogP contribution in [0.1, 0.15) is 80.1 Å². The van der Waals surface area contributed by atoms with E-state index in [-0.39, 0.29) is 0 Å². The standard InChI is InChI=1S/C11H20.C11H18/c2*1-11(2,3)10-7-8-4-5-9(10)6-8/h8-10H,4-7H2,1-3H3;4-5,8-10H,6-7H2,1-3H3. The molecule has 126 valence electrons. The second-order valence-corrected chi connectivity index (χ2v) is 10.9. The van der Waals surface area contributed by atoms with Crippen molar-refractivity contribution in [3.63, 3.8) is 0 Å². The monoisotopic (exact) mass is 302 g/mol. The van der Waals surface area contributed by atoms with Crippen molar-refractivity contribution in [1.82, 2.24) is 0 Å². The summed E-state index contributed by atoms with van der Waals surface area (Å²) in [6.45, 7) is 14.4. The van der Waals surface area contributed by atoms with Gasteiger partial charge in [-0.2, -0.15) is 0 Å². The van der Waals surface area contributed by atoms with Gasteiger partial charge in [-0.1, -0.05) is 60.1 Å². The Morgan fingerprint density at radius 1 is 0.682 bits per heavy atom. The lowest BCUT2D eigenvalue weighted by molar-refractivity contribution is 0.161. The SMILES string of the molecule is CC(C)(C)C1CC2C=CC1C2.CC(C)(C)C1CC2CCC1C2. The van der Waals surface area contributed by atoms with Gasteiger partial charge in [0.1, 0.15) is 0 Å². The van der Waals surface area contributed by atoms with Crippen LogP contribution in [0.5, 0.6) is 0 Å². The molecular weight excluding hydrogens is 264 g/mol. The minimum absolute atomic E-state index is 0.532. The van der Waals surface area contributed by atoms with Gasteiger partial charge in [0.2, 0.25) is 0 Å². The number of rotatable bonds is 0. The Hall–Kier alpha value is -0.260. The minimum atomic E-state index is 0.532. The highest BCUT2D eigenvalue weighted by atomic mass is 14.5. The van der Waals surface area contributed by atoms with E-state index in [9.17, 15) is 0 Å². The highest BCUT2D eigenvalue weighted by Crippen LogP contribution is 2.54. The fourth-order valence-electron chi connectivity index (χ4n) is 6.08. The first-order valence-corrected chi connectivity index (χ1v) is 9.83. The van der Waals surface area contributed by atoms with E-state index in [0.717, 1.165) is 35.5 Å². The molecular formula is C22H38. The van der Waals surface area contributed by atoms with Gasteiger partial charge in [0.15, 0.2) is 0 Å². The van der Waals surface area contributed by atoms with Crippen LogP contribution in [-0.4, -0.2) is 0 Å². The maximum Gasteiger partial charge on any atom is -0.0194 e. The Kier molecular flexibility index (Phi) is 4.28. The fraction of sp³-hybridized carbons (Fsp3) is 0.909. The summed E-state index contributed by atoms with van der Waals surface area (Å²) in [5.74, 6) is 6.06. The van der Waals surface area contributed by atoms with Gasteiger partial charge >= 0.3 is 0 Å². The third-order valence-electron chi connectivity index (χ3n) is 7.24. The summed E-state index contributed by atoms with van der Waals surface area (Å²) in [7, 11) is 0. The molecule has 3 saturated carbocycles. The van der Waals surface area contributed by atoms with Crippen molar-refractivity contribution in [1.29, 1.82) is 0 Å². The van der Waals surface area contributed by atoms with E-state index < -0.39 is 0 Å². The second kappa shape index (κ2) is 5.67. The molecule has 4 aliphatic rings. The molecule has 0 amide bonds. The van der Waals surface area contributed by atoms with Gasteiger partial charge in [-0.15, -0.1) is 0 Å². The van der Waals surface area contributed by atoms with Gasteiger partial charge in [-0.25, -0.2) is 0 Å². The van der Waals surface area contributed by atoms with E-state index >= 15 is 0 Å². The highest BCUT2D eigenvalue weighted by Gasteiger charge is 2.44. The van der Waals surface area contributed by atoms with Crippen molar-refractivity contribution in [3.05, 3.63) is 12.2 Å². The van der Waals surface area contributed by atoms with Gasteiger partial charge < -0.3 is 0 Å². The molecule has 6 unspecified atom stereocenters. The first-order chi connectivity index (χ1) is 10.1. The Morgan fingerprint density at radius 2 is 1.36 bits per heavy atom. The van der Waals surface area contributed by atoms with Crippen molar-refractivity contribution >= 4 is 0 Å². The van der Waals surface area contributed by atoms with Crippen LogP contribution in [-0.2, 0) is 0 Å². The van der Waals surface area contributed by atoms with E-state index in [1.165, 1.54) is 32.1 Å². The first-order valence-electron chi connectivity index (χ1n) is 9.83. The summed E-state index contributed by atoms with van der Waals surface area (Å²) in [4.78, 5) is 0. The molecule has 0 aliphatic heterocycles. The number of hydrogen-bond acceptors (Lipinski definition) is 0. The third-order valence-corrected chi connectivity index (χ3v) is 7.24. The Balaban J connectivity index is 0.000000131. The summed E-state index contributed by atoms with van der Waals surface area (Å²) in [6, 6.07) is 0. The molecule has 0 heteroatoms. The van der Waals surface area contributed by atoms with E-state index in [0.29, 0.717) is 10.8 Å². The molecule has 6 atom stereocenters. The van der Waals surface area contributed by atoms with Gasteiger partial charge in [-0.05, 0) is 78.4 Å². The Labute approximate surface area is 139 Å². The first kappa shape index (κ1) is 16.6. The molecule has 0 aromatic rings. The van der Waals surface area contributed by atoms with E-state index in [1.54, 1.807) is 6.42 Å². The molecule has 0 N–H and O–H groups in total. The van der Waals surface area contributed by atoms with Crippen LogP contribution in [0.4, 0.5) is 0 Å². The second-order valence-electron chi connectivity index (χ2n) is 10.9. The molecule has 4 rings (SSSR count). The maximum atomic E-state index is 2.45. The van der Waals surface area contributed by atoms with Crippen molar-refractivity contribution in [2.75, 3.05) is 0 Å². The van der Waals surface area contributed by atoms with Crippen LogP contribution in [0.25, 0.3) is 0 Å². The zero-order valence-corrected chi connectivity index (χ0v) is 15.9. The summed E-state index contributed by atoms with van der Waals surface area (Å²) < 4.78 is 0. The van der Waals surface area contributed by atoms with Crippen molar-refractivity contribution in [2.24, 2.45) is 46.3 Å². The molecule has 0 saturated heterocycles. The molecule has 3 fully saturated rings. The average molecular weight is 303 g/mol. The molecule has 0 aromatic heterocycles. The molecule has 0 spiro atoms. The molecule has 0 heterocycles. The van der Waals surface area contributed by atoms with E-state index in [2.05, 4.69) is 53.7 Å². The quantitative estimate of drug-likeness (QED) is 0.436.